The van der Waals surface area contributed by atoms with Crippen molar-refractivity contribution in [2.75, 3.05) is 19.7 Å². The molecule has 0 aromatic heterocycles. The highest BCUT2D eigenvalue weighted by atomic mass is 35.5. The average molecular weight is 298 g/mol. The second kappa shape index (κ2) is 7.41. The summed E-state index contributed by atoms with van der Waals surface area (Å²) in [6.07, 6.45) is 5.28. The SMILES string of the molecule is OCC1(CNCC(O)c2ccc(Cl)cc2)CCCCC1. The number of hydrogen-bond donors (Lipinski definition) is 3. The number of nitrogens with one attached hydrogen (secondary N) is 1. The first kappa shape index (κ1) is 15.8. The summed E-state index contributed by atoms with van der Waals surface area (Å²) in [7, 11) is 0. The molecule has 1 saturated carbocycles. The summed E-state index contributed by atoms with van der Waals surface area (Å²) >= 11 is 5.83. The lowest BCUT2D eigenvalue weighted by Gasteiger charge is -2.36. The molecule has 1 atom stereocenters. The van der Waals surface area contributed by atoms with Crippen LogP contribution in [0.25, 0.3) is 0 Å². The highest BCUT2D eigenvalue weighted by Gasteiger charge is 2.30. The topological polar surface area (TPSA) is 52.5 Å². The van der Waals surface area contributed by atoms with Crippen molar-refractivity contribution in [2.24, 2.45) is 5.41 Å². The van der Waals surface area contributed by atoms with E-state index in [0.29, 0.717) is 11.6 Å². The van der Waals surface area contributed by atoms with Gasteiger partial charge in [0.1, 0.15) is 0 Å². The minimum absolute atomic E-state index is 0.0119. The van der Waals surface area contributed by atoms with Crippen LogP contribution in [0.5, 0.6) is 0 Å². The Morgan fingerprint density at radius 2 is 1.80 bits per heavy atom. The van der Waals surface area contributed by atoms with Gasteiger partial charge in [0.25, 0.3) is 0 Å². The molecular weight excluding hydrogens is 274 g/mol. The fourth-order valence-electron chi connectivity index (χ4n) is 2.97. The first-order valence-electron chi connectivity index (χ1n) is 7.40. The Labute approximate surface area is 126 Å². The summed E-state index contributed by atoms with van der Waals surface area (Å²) in [4.78, 5) is 0. The maximum absolute atomic E-state index is 10.1. The molecule has 0 bridgehead atoms. The molecule has 3 N–H and O–H groups in total. The minimum Gasteiger partial charge on any atom is -0.396 e. The number of aliphatic hydroxyl groups excluding tert-OH is 2. The Bertz CT molecular complexity index is 401. The molecule has 1 aliphatic rings. The third-order valence-corrected chi connectivity index (χ3v) is 4.59. The maximum Gasteiger partial charge on any atom is 0.0914 e. The van der Waals surface area contributed by atoms with Gasteiger partial charge in [-0.05, 0) is 30.5 Å². The fourth-order valence-corrected chi connectivity index (χ4v) is 3.10. The van der Waals surface area contributed by atoms with Crippen LogP contribution in [-0.2, 0) is 0 Å². The van der Waals surface area contributed by atoms with Gasteiger partial charge in [0.15, 0.2) is 0 Å². The largest absolute Gasteiger partial charge is 0.396 e. The molecule has 2 rings (SSSR count). The van der Waals surface area contributed by atoms with Crippen molar-refractivity contribution in [3.05, 3.63) is 34.9 Å². The van der Waals surface area contributed by atoms with Crippen molar-refractivity contribution in [2.45, 2.75) is 38.2 Å². The first-order valence-corrected chi connectivity index (χ1v) is 7.78. The van der Waals surface area contributed by atoms with Gasteiger partial charge in [0.05, 0.1) is 6.10 Å². The van der Waals surface area contributed by atoms with E-state index in [-0.39, 0.29) is 12.0 Å². The van der Waals surface area contributed by atoms with Gasteiger partial charge in [0, 0.05) is 30.1 Å². The Morgan fingerprint density at radius 3 is 2.40 bits per heavy atom. The van der Waals surface area contributed by atoms with Crippen LogP contribution in [0.3, 0.4) is 0 Å². The Morgan fingerprint density at radius 1 is 1.15 bits per heavy atom. The normalized spacial score (nSPS) is 19.8. The smallest absolute Gasteiger partial charge is 0.0914 e. The van der Waals surface area contributed by atoms with E-state index in [1.165, 1.54) is 19.3 Å². The standard InChI is InChI=1S/C16H24ClNO2/c17-14-6-4-13(5-7-14)15(20)10-18-11-16(12-19)8-2-1-3-9-16/h4-7,15,18-20H,1-3,8-12H2. The lowest BCUT2D eigenvalue weighted by molar-refractivity contribution is 0.0757. The van der Waals surface area contributed by atoms with Crippen molar-refractivity contribution in [3.8, 4) is 0 Å². The van der Waals surface area contributed by atoms with E-state index in [9.17, 15) is 10.2 Å². The molecule has 0 saturated heterocycles. The Kier molecular flexibility index (Phi) is 5.85. The first-order chi connectivity index (χ1) is 9.65. The Hall–Kier alpha value is -0.610. The molecule has 20 heavy (non-hydrogen) atoms. The van der Waals surface area contributed by atoms with Crippen LogP contribution in [0, 0.1) is 5.41 Å². The molecule has 112 valence electrons. The number of benzene rings is 1. The second-order valence-corrected chi connectivity index (χ2v) is 6.35. The van der Waals surface area contributed by atoms with Gasteiger partial charge >= 0.3 is 0 Å². The lowest BCUT2D eigenvalue weighted by atomic mass is 9.74. The summed E-state index contributed by atoms with van der Waals surface area (Å²) in [5.41, 5.74) is 0.876. The zero-order chi connectivity index (χ0) is 14.4. The van der Waals surface area contributed by atoms with Gasteiger partial charge in [-0.25, -0.2) is 0 Å². The van der Waals surface area contributed by atoms with E-state index in [1.807, 2.05) is 12.1 Å². The quantitative estimate of drug-likeness (QED) is 0.757. The number of rotatable bonds is 6. The van der Waals surface area contributed by atoms with E-state index in [1.54, 1.807) is 12.1 Å². The number of halogens is 1. The molecule has 1 aliphatic carbocycles. The third kappa shape index (κ3) is 4.19. The highest BCUT2D eigenvalue weighted by Crippen LogP contribution is 2.35. The van der Waals surface area contributed by atoms with Gasteiger partial charge in [0.2, 0.25) is 0 Å². The molecule has 1 fully saturated rings. The van der Waals surface area contributed by atoms with Crippen LogP contribution in [0.2, 0.25) is 5.02 Å². The zero-order valence-corrected chi connectivity index (χ0v) is 12.6. The monoisotopic (exact) mass is 297 g/mol. The van der Waals surface area contributed by atoms with Crippen molar-refractivity contribution in [3.63, 3.8) is 0 Å². The summed E-state index contributed by atoms with van der Waals surface area (Å²) < 4.78 is 0. The summed E-state index contributed by atoms with van der Waals surface area (Å²) in [5, 5.41) is 23.8. The molecule has 0 spiro atoms. The molecular formula is C16H24ClNO2. The molecule has 0 radical (unpaired) electrons. The summed E-state index contributed by atoms with van der Waals surface area (Å²) in [6, 6.07) is 7.26. The average Bonchev–Trinajstić information content (AvgIpc) is 2.49. The number of aliphatic hydroxyl groups is 2. The second-order valence-electron chi connectivity index (χ2n) is 5.92. The minimum atomic E-state index is -0.536. The van der Waals surface area contributed by atoms with Gasteiger partial charge in [-0.1, -0.05) is 43.0 Å². The van der Waals surface area contributed by atoms with Crippen molar-refractivity contribution in [1.82, 2.24) is 5.32 Å². The van der Waals surface area contributed by atoms with E-state index in [4.69, 9.17) is 11.6 Å². The molecule has 4 heteroatoms. The zero-order valence-electron chi connectivity index (χ0n) is 11.8. The van der Waals surface area contributed by atoms with E-state index in [2.05, 4.69) is 5.32 Å². The van der Waals surface area contributed by atoms with E-state index in [0.717, 1.165) is 24.9 Å². The van der Waals surface area contributed by atoms with Crippen LogP contribution in [0.1, 0.15) is 43.8 Å². The Balaban J connectivity index is 1.81. The molecule has 0 aliphatic heterocycles. The molecule has 0 amide bonds. The molecule has 1 unspecified atom stereocenters. The highest BCUT2D eigenvalue weighted by molar-refractivity contribution is 6.30. The van der Waals surface area contributed by atoms with Crippen LogP contribution >= 0.6 is 11.6 Å². The van der Waals surface area contributed by atoms with Crippen LogP contribution in [0.4, 0.5) is 0 Å². The summed E-state index contributed by atoms with van der Waals surface area (Å²) in [5.74, 6) is 0. The molecule has 3 nitrogen and oxygen atoms in total. The van der Waals surface area contributed by atoms with Crippen molar-refractivity contribution < 1.29 is 10.2 Å². The van der Waals surface area contributed by atoms with E-state index >= 15 is 0 Å². The van der Waals surface area contributed by atoms with Gasteiger partial charge in [-0.15, -0.1) is 0 Å². The van der Waals surface area contributed by atoms with Crippen LogP contribution < -0.4 is 5.32 Å². The van der Waals surface area contributed by atoms with Crippen molar-refractivity contribution in [1.29, 1.82) is 0 Å². The van der Waals surface area contributed by atoms with Gasteiger partial charge < -0.3 is 15.5 Å². The van der Waals surface area contributed by atoms with Crippen LogP contribution in [0.15, 0.2) is 24.3 Å². The van der Waals surface area contributed by atoms with E-state index < -0.39 is 6.10 Å². The van der Waals surface area contributed by atoms with Gasteiger partial charge in [-0.2, -0.15) is 0 Å². The van der Waals surface area contributed by atoms with Gasteiger partial charge in [-0.3, -0.25) is 0 Å². The fraction of sp³-hybridized carbons (Fsp3) is 0.625. The maximum atomic E-state index is 10.1. The lowest BCUT2D eigenvalue weighted by Crippen LogP contribution is -2.40. The summed E-state index contributed by atoms with van der Waals surface area (Å²) in [6.45, 7) is 1.51. The third-order valence-electron chi connectivity index (χ3n) is 4.34. The van der Waals surface area contributed by atoms with Crippen molar-refractivity contribution >= 4 is 11.6 Å². The predicted octanol–water partition coefficient (Wildman–Crippen LogP) is 2.91. The molecule has 1 aromatic rings. The predicted molar refractivity (Wildman–Crippen MR) is 81.9 cm³/mol. The molecule has 1 aromatic carbocycles. The number of hydrogen-bond acceptors (Lipinski definition) is 3. The van der Waals surface area contributed by atoms with Crippen LogP contribution in [-0.4, -0.2) is 29.9 Å². The molecule has 0 heterocycles.